The zero-order chi connectivity index (χ0) is 17.1. The van der Waals surface area contributed by atoms with E-state index in [0.717, 1.165) is 35.5 Å². The van der Waals surface area contributed by atoms with E-state index < -0.39 is 0 Å². The summed E-state index contributed by atoms with van der Waals surface area (Å²) in [6.07, 6.45) is 9.82. The van der Waals surface area contributed by atoms with E-state index in [0.29, 0.717) is 23.4 Å². The van der Waals surface area contributed by atoms with Gasteiger partial charge in [-0.05, 0) is 35.7 Å². The van der Waals surface area contributed by atoms with Crippen molar-refractivity contribution in [2.75, 3.05) is 17.2 Å². The molecule has 1 aliphatic heterocycles. The summed E-state index contributed by atoms with van der Waals surface area (Å²) in [6, 6.07) is 5.91. The molecular formula is C18H17ClN6. The van der Waals surface area contributed by atoms with E-state index in [-0.39, 0.29) is 0 Å². The van der Waals surface area contributed by atoms with Crippen molar-refractivity contribution < 1.29 is 0 Å². The van der Waals surface area contributed by atoms with Gasteiger partial charge in [-0.25, -0.2) is 15.0 Å². The average Bonchev–Trinajstić information content (AvgIpc) is 3.04. The van der Waals surface area contributed by atoms with Crippen molar-refractivity contribution in [3.8, 4) is 0 Å². The van der Waals surface area contributed by atoms with E-state index in [2.05, 4.69) is 30.6 Å². The van der Waals surface area contributed by atoms with Crippen LogP contribution in [0.1, 0.15) is 22.6 Å². The van der Waals surface area contributed by atoms with Gasteiger partial charge in [0.2, 0.25) is 5.95 Å². The maximum absolute atomic E-state index is 6.07. The molecule has 0 fully saturated rings. The van der Waals surface area contributed by atoms with Crippen LogP contribution >= 0.6 is 11.6 Å². The monoisotopic (exact) mass is 352 g/mol. The number of hydrogen-bond donors (Lipinski definition) is 2. The lowest BCUT2D eigenvalue weighted by molar-refractivity contribution is 0.745. The van der Waals surface area contributed by atoms with E-state index in [1.54, 1.807) is 18.6 Å². The molecule has 25 heavy (non-hydrogen) atoms. The molecule has 0 radical (unpaired) electrons. The molecule has 1 atom stereocenters. The van der Waals surface area contributed by atoms with Gasteiger partial charge in [0.25, 0.3) is 0 Å². The van der Waals surface area contributed by atoms with Crippen LogP contribution < -0.4 is 10.6 Å². The van der Waals surface area contributed by atoms with Crippen LogP contribution in [-0.2, 0) is 13.0 Å². The van der Waals surface area contributed by atoms with Gasteiger partial charge in [0.15, 0.2) is 0 Å². The van der Waals surface area contributed by atoms with Crippen LogP contribution in [0.25, 0.3) is 0 Å². The van der Waals surface area contributed by atoms with Crippen LogP contribution in [0, 0.1) is 0 Å². The summed E-state index contributed by atoms with van der Waals surface area (Å²) in [7, 11) is 0. The Kier molecular flexibility index (Phi) is 4.43. The number of rotatable bonds is 5. The summed E-state index contributed by atoms with van der Waals surface area (Å²) in [4.78, 5) is 17.2. The molecule has 1 unspecified atom stereocenters. The molecule has 6 nitrogen and oxygen atoms in total. The molecule has 2 N–H and O–H groups in total. The Labute approximate surface area is 150 Å². The number of hydrogen-bond acceptors (Lipinski definition) is 6. The molecule has 126 valence electrons. The number of aromatic nitrogens is 4. The second-order valence-electron chi connectivity index (χ2n) is 6.00. The van der Waals surface area contributed by atoms with Gasteiger partial charge in [0, 0.05) is 55.6 Å². The fraction of sp³-hybridized carbons (Fsp3) is 0.222. The van der Waals surface area contributed by atoms with Crippen LogP contribution in [0.5, 0.6) is 0 Å². The van der Waals surface area contributed by atoms with Crippen molar-refractivity contribution in [1.82, 2.24) is 19.9 Å². The Morgan fingerprint density at radius 1 is 1.08 bits per heavy atom. The third-order valence-electron chi connectivity index (χ3n) is 4.23. The van der Waals surface area contributed by atoms with Crippen LogP contribution in [0.2, 0.25) is 5.02 Å². The highest BCUT2D eigenvalue weighted by Crippen LogP contribution is 2.33. The molecule has 0 spiro atoms. The van der Waals surface area contributed by atoms with Gasteiger partial charge < -0.3 is 10.6 Å². The summed E-state index contributed by atoms with van der Waals surface area (Å²) in [5.74, 6) is 1.88. The first-order valence-corrected chi connectivity index (χ1v) is 8.49. The molecule has 4 rings (SSSR count). The molecule has 3 aromatic heterocycles. The Morgan fingerprint density at radius 2 is 1.88 bits per heavy atom. The fourth-order valence-corrected chi connectivity index (χ4v) is 3.11. The minimum Gasteiger partial charge on any atom is -0.369 e. The highest BCUT2D eigenvalue weighted by Gasteiger charge is 2.24. The van der Waals surface area contributed by atoms with E-state index in [1.165, 1.54) is 0 Å². The van der Waals surface area contributed by atoms with E-state index in [4.69, 9.17) is 11.6 Å². The Bertz CT molecular complexity index is 853. The van der Waals surface area contributed by atoms with Gasteiger partial charge in [-0.3, -0.25) is 4.98 Å². The van der Waals surface area contributed by atoms with Crippen LogP contribution in [0.4, 0.5) is 11.8 Å². The first-order chi connectivity index (χ1) is 12.3. The molecule has 0 aromatic carbocycles. The van der Waals surface area contributed by atoms with Gasteiger partial charge in [-0.1, -0.05) is 11.6 Å². The van der Waals surface area contributed by atoms with Gasteiger partial charge in [0.1, 0.15) is 5.82 Å². The Morgan fingerprint density at radius 3 is 2.68 bits per heavy atom. The maximum Gasteiger partial charge on any atom is 0.222 e. The molecule has 0 bridgehead atoms. The van der Waals surface area contributed by atoms with Crippen LogP contribution in [0.3, 0.4) is 0 Å². The standard InChI is InChI=1S/C18H17ClN6/c19-15-6-16-14(10-21-17(16)22-11-15)5-13-8-24-18(25-9-13)23-7-12-1-3-20-4-2-12/h1-4,6,8-9,11,14H,5,7,10H2,(H,21,22)(H,23,24,25). The normalized spacial score (nSPS) is 15.5. The quantitative estimate of drug-likeness (QED) is 0.734. The molecule has 0 amide bonds. The van der Waals surface area contributed by atoms with Crippen molar-refractivity contribution in [2.24, 2.45) is 0 Å². The number of nitrogens with one attached hydrogen (secondary N) is 2. The van der Waals surface area contributed by atoms with Crippen LogP contribution in [-0.4, -0.2) is 26.5 Å². The molecule has 3 aromatic rings. The number of anilines is 2. The first-order valence-electron chi connectivity index (χ1n) is 8.11. The summed E-state index contributed by atoms with van der Waals surface area (Å²) in [5, 5.41) is 7.20. The van der Waals surface area contributed by atoms with Crippen molar-refractivity contribution in [3.05, 3.63) is 70.9 Å². The second-order valence-corrected chi connectivity index (χ2v) is 6.43. The van der Waals surface area contributed by atoms with Gasteiger partial charge in [-0.15, -0.1) is 0 Å². The smallest absolute Gasteiger partial charge is 0.222 e. The minimum atomic E-state index is 0.334. The molecule has 0 aliphatic carbocycles. The Balaban J connectivity index is 1.39. The topological polar surface area (TPSA) is 75.6 Å². The summed E-state index contributed by atoms with van der Waals surface area (Å²) < 4.78 is 0. The number of pyridine rings is 2. The zero-order valence-corrected chi connectivity index (χ0v) is 14.2. The lowest BCUT2D eigenvalue weighted by atomic mass is 9.96. The predicted molar refractivity (Wildman–Crippen MR) is 97.8 cm³/mol. The third-order valence-corrected chi connectivity index (χ3v) is 4.43. The number of halogens is 1. The van der Waals surface area contributed by atoms with Crippen molar-refractivity contribution in [1.29, 1.82) is 0 Å². The average molecular weight is 353 g/mol. The molecule has 0 saturated heterocycles. The fourth-order valence-electron chi connectivity index (χ4n) is 2.94. The third kappa shape index (κ3) is 3.69. The minimum absolute atomic E-state index is 0.334. The van der Waals surface area contributed by atoms with Gasteiger partial charge >= 0.3 is 0 Å². The molecular weight excluding hydrogens is 336 g/mol. The summed E-state index contributed by atoms with van der Waals surface area (Å²) in [5.41, 5.74) is 3.39. The first kappa shape index (κ1) is 15.8. The maximum atomic E-state index is 6.07. The summed E-state index contributed by atoms with van der Waals surface area (Å²) in [6.45, 7) is 1.52. The highest BCUT2D eigenvalue weighted by atomic mass is 35.5. The highest BCUT2D eigenvalue weighted by molar-refractivity contribution is 6.30. The van der Waals surface area contributed by atoms with E-state index in [1.807, 2.05) is 30.6 Å². The molecule has 7 heteroatoms. The number of nitrogens with zero attached hydrogens (tertiary/aromatic N) is 4. The van der Waals surface area contributed by atoms with Crippen molar-refractivity contribution in [2.45, 2.75) is 18.9 Å². The predicted octanol–water partition coefficient (Wildman–Crippen LogP) is 3.28. The SMILES string of the molecule is Clc1cnc2c(c1)C(Cc1cnc(NCc3ccncc3)nc1)CN2. The lowest BCUT2D eigenvalue weighted by Gasteiger charge is -2.10. The Hall–Kier alpha value is -2.73. The largest absolute Gasteiger partial charge is 0.369 e. The van der Waals surface area contributed by atoms with E-state index >= 15 is 0 Å². The van der Waals surface area contributed by atoms with Gasteiger partial charge in [-0.2, -0.15) is 0 Å². The summed E-state index contributed by atoms with van der Waals surface area (Å²) >= 11 is 6.07. The van der Waals surface area contributed by atoms with E-state index in [9.17, 15) is 0 Å². The molecule has 1 aliphatic rings. The lowest BCUT2D eigenvalue weighted by Crippen LogP contribution is -2.08. The van der Waals surface area contributed by atoms with Crippen LogP contribution in [0.15, 0.2) is 49.2 Å². The molecule has 4 heterocycles. The second kappa shape index (κ2) is 7.03. The van der Waals surface area contributed by atoms with Crippen molar-refractivity contribution in [3.63, 3.8) is 0 Å². The van der Waals surface area contributed by atoms with Crippen molar-refractivity contribution >= 4 is 23.4 Å². The van der Waals surface area contributed by atoms with Gasteiger partial charge in [0.05, 0.1) is 5.02 Å². The number of fused-ring (bicyclic) bond motifs is 1. The molecule has 0 saturated carbocycles. The zero-order valence-electron chi connectivity index (χ0n) is 13.5.